The van der Waals surface area contributed by atoms with Crippen molar-refractivity contribution >= 4 is 11.5 Å². The number of piperidine rings is 1. The second-order valence-electron chi connectivity index (χ2n) is 7.32. The minimum absolute atomic E-state index is 0.101. The largest absolute Gasteiger partial charge is 0.488 e. The van der Waals surface area contributed by atoms with Crippen molar-refractivity contribution in [3.63, 3.8) is 0 Å². The summed E-state index contributed by atoms with van der Waals surface area (Å²) in [6, 6.07) is 16.9. The number of carbonyl (C=O) groups is 1. The van der Waals surface area contributed by atoms with E-state index in [0.717, 1.165) is 38.2 Å². The number of rotatable bonds is 4. The molecule has 2 aromatic carbocycles. The number of fused-ring (bicyclic) bond motifs is 2. The maximum absolute atomic E-state index is 11.6. The van der Waals surface area contributed by atoms with Crippen LogP contribution >= 0.6 is 0 Å². The van der Waals surface area contributed by atoms with E-state index in [0.29, 0.717) is 19.6 Å². The first-order valence-corrected chi connectivity index (χ1v) is 10.2. The van der Waals surface area contributed by atoms with Crippen LogP contribution in [0.1, 0.15) is 42.9 Å². The van der Waals surface area contributed by atoms with Crippen LogP contribution in [0.4, 0.5) is 0 Å². The summed E-state index contributed by atoms with van der Waals surface area (Å²) in [5.41, 5.74) is 6.56. The molecular formula is C24H27NO3. The fraction of sp³-hybridized carbons (Fsp3) is 0.375. The number of ether oxygens (including phenoxy) is 2. The van der Waals surface area contributed by atoms with Crippen LogP contribution in [-0.4, -0.2) is 37.1 Å². The van der Waals surface area contributed by atoms with Crippen LogP contribution in [0.3, 0.4) is 0 Å². The van der Waals surface area contributed by atoms with Gasteiger partial charge in [-0.05, 0) is 42.5 Å². The molecule has 0 radical (unpaired) electrons. The Balaban J connectivity index is 1.58. The molecule has 0 unspecified atom stereocenters. The van der Waals surface area contributed by atoms with Crippen LogP contribution in [0.5, 0.6) is 5.75 Å². The maximum atomic E-state index is 11.6. The van der Waals surface area contributed by atoms with Gasteiger partial charge in [-0.1, -0.05) is 48.0 Å². The molecule has 0 aromatic heterocycles. The molecule has 2 aromatic rings. The normalized spacial score (nSPS) is 16.6. The highest BCUT2D eigenvalue weighted by Crippen LogP contribution is 2.40. The minimum Gasteiger partial charge on any atom is -0.488 e. The van der Waals surface area contributed by atoms with Gasteiger partial charge in [-0.3, -0.25) is 4.79 Å². The highest BCUT2D eigenvalue weighted by Gasteiger charge is 2.24. The topological polar surface area (TPSA) is 38.8 Å². The van der Waals surface area contributed by atoms with Crippen molar-refractivity contribution in [2.75, 3.05) is 26.2 Å². The number of likely N-dealkylation sites (tertiary alicyclic amines) is 1. The van der Waals surface area contributed by atoms with E-state index in [1.807, 2.05) is 13.0 Å². The zero-order valence-electron chi connectivity index (χ0n) is 16.4. The number of carbonyl (C=O) groups excluding carboxylic acids is 1. The third-order valence-electron chi connectivity index (χ3n) is 5.58. The van der Waals surface area contributed by atoms with Gasteiger partial charge in [0, 0.05) is 25.2 Å². The fourth-order valence-electron chi connectivity index (χ4n) is 4.15. The van der Waals surface area contributed by atoms with E-state index in [1.54, 1.807) is 0 Å². The molecule has 146 valence electrons. The molecule has 4 nitrogen and oxygen atoms in total. The van der Waals surface area contributed by atoms with Gasteiger partial charge in [0.1, 0.15) is 12.4 Å². The van der Waals surface area contributed by atoms with Crippen LogP contribution in [0.15, 0.2) is 54.1 Å². The van der Waals surface area contributed by atoms with E-state index in [-0.39, 0.29) is 5.97 Å². The zero-order chi connectivity index (χ0) is 19.3. The molecule has 0 saturated carbocycles. The molecule has 2 heterocycles. The lowest BCUT2D eigenvalue weighted by atomic mass is 9.86. The van der Waals surface area contributed by atoms with Crippen LogP contribution in [-0.2, 0) is 16.1 Å². The highest BCUT2D eigenvalue weighted by atomic mass is 16.5. The van der Waals surface area contributed by atoms with Gasteiger partial charge in [-0.15, -0.1) is 0 Å². The predicted octanol–water partition coefficient (Wildman–Crippen LogP) is 4.43. The number of nitrogens with zero attached hydrogens (tertiary/aromatic N) is 1. The lowest BCUT2D eigenvalue weighted by Crippen LogP contribution is -2.33. The summed E-state index contributed by atoms with van der Waals surface area (Å²) in [5, 5.41) is 0. The SMILES string of the molecule is CCOC(=O)CCN1CCC(=C2c3ccccc3COc3ccccc32)CC1. The smallest absolute Gasteiger partial charge is 0.307 e. The molecule has 1 saturated heterocycles. The van der Waals surface area contributed by atoms with Crippen molar-refractivity contribution < 1.29 is 14.3 Å². The molecule has 28 heavy (non-hydrogen) atoms. The van der Waals surface area contributed by atoms with Gasteiger partial charge < -0.3 is 14.4 Å². The first-order chi connectivity index (χ1) is 13.8. The molecule has 0 spiro atoms. The van der Waals surface area contributed by atoms with Crippen LogP contribution in [0.25, 0.3) is 5.57 Å². The third-order valence-corrected chi connectivity index (χ3v) is 5.58. The summed E-state index contributed by atoms with van der Waals surface area (Å²) in [6.07, 6.45) is 2.50. The van der Waals surface area contributed by atoms with E-state index in [9.17, 15) is 4.79 Å². The average Bonchev–Trinajstić information content (AvgIpc) is 2.90. The van der Waals surface area contributed by atoms with E-state index < -0.39 is 0 Å². The first kappa shape index (κ1) is 18.8. The second kappa shape index (κ2) is 8.61. The first-order valence-electron chi connectivity index (χ1n) is 10.2. The van der Waals surface area contributed by atoms with Crippen molar-refractivity contribution in [3.8, 4) is 5.75 Å². The fourth-order valence-corrected chi connectivity index (χ4v) is 4.15. The summed E-state index contributed by atoms with van der Waals surface area (Å²) in [5.74, 6) is 0.862. The standard InChI is InChI=1S/C24H27NO3/c1-2-27-23(26)13-16-25-14-11-18(12-15-25)24-20-8-4-3-7-19(20)17-28-22-10-6-5-9-21(22)24/h3-10H,2,11-17H2,1H3. The number of benzene rings is 2. The van der Waals surface area contributed by atoms with E-state index >= 15 is 0 Å². The van der Waals surface area contributed by atoms with Gasteiger partial charge in [0.15, 0.2) is 0 Å². The molecule has 1 fully saturated rings. The number of esters is 1. The maximum Gasteiger partial charge on any atom is 0.307 e. The Morgan fingerprint density at radius 1 is 1.04 bits per heavy atom. The molecule has 4 rings (SSSR count). The molecule has 2 aliphatic rings. The van der Waals surface area contributed by atoms with Gasteiger partial charge in [0.2, 0.25) is 0 Å². The summed E-state index contributed by atoms with van der Waals surface area (Å²) >= 11 is 0. The predicted molar refractivity (Wildman–Crippen MR) is 110 cm³/mol. The minimum atomic E-state index is -0.101. The van der Waals surface area contributed by atoms with Crippen LogP contribution < -0.4 is 4.74 Å². The van der Waals surface area contributed by atoms with Crippen LogP contribution in [0, 0.1) is 0 Å². The van der Waals surface area contributed by atoms with E-state index in [4.69, 9.17) is 9.47 Å². The van der Waals surface area contributed by atoms with Crippen molar-refractivity contribution in [3.05, 3.63) is 70.8 Å². The van der Waals surface area contributed by atoms with Crippen molar-refractivity contribution in [1.29, 1.82) is 0 Å². The zero-order valence-corrected chi connectivity index (χ0v) is 16.4. The monoisotopic (exact) mass is 377 g/mol. The highest BCUT2D eigenvalue weighted by molar-refractivity contribution is 5.87. The molecule has 2 aliphatic heterocycles. The lowest BCUT2D eigenvalue weighted by molar-refractivity contribution is -0.143. The Hall–Kier alpha value is -2.59. The Bertz CT molecular complexity index is 827. The lowest BCUT2D eigenvalue weighted by Gasteiger charge is -2.30. The summed E-state index contributed by atoms with van der Waals surface area (Å²) < 4.78 is 11.2. The van der Waals surface area contributed by atoms with E-state index in [1.165, 1.54) is 27.8 Å². The Kier molecular flexibility index (Phi) is 5.77. The molecule has 4 heteroatoms. The molecule has 0 aliphatic carbocycles. The van der Waals surface area contributed by atoms with E-state index in [2.05, 4.69) is 47.4 Å². The molecule has 0 atom stereocenters. The van der Waals surface area contributed by atoms with Gasteiger partial charge >= 0.3 is 5.97 Å². The van der Waals surface area contributed by atoms with Crippen molar-refractivity contribution in [1.82, 2.24) is 4.90 Å². The van der Waals surface area contributed by atoms with Crippen LogP contribution in [0.2, 0.25) is 0 Å². The Morgan fingerprint density at radius 2 is 1.75 bits per heavy atom. The van der Waals surface area contributed by atoms with Gasteiger partial charge in [-0.25, -0.2) is 0 Å². The second-order valence-corrected chi connectivity index (χ2v) is 7.32. The van der Waals surface area contributed by atoms with Crippen molar-refractivity contribution in [2.24, 2.45) is 0 Å². The Morgan fingerprint density at radius 3 is 2.54 bits per heavy atom. The summed E-state index contributed by atoms with van der Waals surface area (Å²) in [4.78, 5) is 14.0. The number of hydrogen-bond acceptors (Lipinski definition) is 4. The molecule has 0 amide bonds. The average molecular weight is 377 g/mol. The molecular weight excluding hydrogens is 350 g/mol. The van der Waals surface area contributed by atoms with Crippen molar-refractivity contribution in [2.45, 2.75) is 32.8 Å². The molecule has 0 bridgehead atoms. The third kappa shape index (κ3) is 3.97. The number of para-hydroxylation sites is 1. The summed E-state index contributed by atoms with van der Waals surface area (Å²) in [6.45, 7) is 5.64. The quantitative estimate of drug-likeness (QED) is 0.739. The Labute approximate surface area is 166 Å². The number of hydrogen-bond donors (Lipinski definition) is 0. The molecule has 0 N–H and O–H groups in total. The summed E-state index contributed by atoms with van der Waals surface area (Å²) in [7, 11) is 0. The van der Waals surface area contributed by atoms with Gasteiger partial charge in [0.25, 0.3) is 0 Å². The van der Waals surface area contributed by atoms with Gasteiger partial charge in [0.05, 0.1) is 13.0 Å². The van der Waals surface area contributed by atoms with Gasteiger partial charge in [-0.2, -0.15) is 0 Å².